The number of hydrogen-bond acceptors (Lipinski definition) is 5. The van der Waals surface area contributed by atoms with Gasteiger partial charge in [0.05, 0.1) is 16.4 Å². The second-order valence-electron chi connectivity index (χ2n) is 8.82. The zero-order valence-electron chi connectivity index (χ0n) is 15.7. The van der Waals surface area contributed by atoms with E-state index in [1.165, 1.54) is 12.8 Å². The third kappa shape index (κ3) is 2.36. The quantitative estimate of drug-likeness (QED) is 0.712. The van der Waals surface area contributed by atoms with Gasteiger partial charge in [-0.3, -0.25) is 9.69 Å². The summed E-state index contributed by atoms with van der Waals surface area (Å²) in [6, 6.07) is 3.69. The van der Waals surface area contributed by atoms with Crippen LogP contribution in [0.15, 0.2) is 12.1 Å². The van der Waals surface area contributed by atoms with Crippen molar-refractivity contribution in [1.29, 1.82) is 0 Å². The maximum Gasteiger partial charge on any atom is 0.174 e. The maximum atomic E-state index is 12.7. The number of aliphatic hydroxyl groups is 1. The van der Waals surface area contributed by atoms with Crippen LogP contribution in [0.3, 0.4) is 0 Å². The Bertz CT molecular complexity index is 829. The molecule has 5 aliphatic rings. The van der Waals surface area contributed by atoms with Gasteiger partial charge in [-0.15, -0.1) is 23.2 Å². The number of nitrogens with zero attached hydrogens (tertiary/aromatic N) is 1. The van der Waals surface area contributed by atoms with E-state index in [1.807, 2.05) is 6.07 Å². The van der Waals surface area contributed by atoms with Crippen LogP contribution in [0, 0.1) is 5.92 Å². The first-order valence-corrected chi connectivity index (χ1v) is 11.2. The fourth-order valence-electron chi connectivity index (χ4n) is 6.26. The number of Topliss-reactive ketones (excluding diaryl/α,β-unsaturated/α-hetero) is 1. The number of carbonyl (C=O) groups excluding carboxylic acids is 1. The lowest BCUT2D eigenvalue weighted by Gasteiger charge is -2.62. The lowest BCUT2D eigenvalue weighted by Crippen LogP contribution is -2.76. The Kier molecular flexibility index (Phi) is 4.40. The molecule has 7 heteroatoms. The van der Waals surface area contributed by atoms with Crippen LogP contribution < -0.4 is 4.74 Å². The summed E-state index contributed by atoms with van der Waals surface area (Å²) in [7, 11) is 0. The Morgan fingerprint density at radius 2 is 2.00 bits per heavy atom. The number of benzene rings is 1. The van der Waals surface area contributed by atoms with Gasteiger partial charge in [0.25, 0.3) is 0 Å². The third-order valence-electron chi connectivity index (χ3n) is 7.56. The van der Waals surface area contributed by atoms with Gasteiger partial charge in [-0.2, -0.15) is 0 Å². The van der Waals surface area contributed by atoms with Gasteiger partial charge in [-0.05, 0) is 56.2 Å². The number of halogens is 2. The number of alkyl halides is 2. The third-order valence-corrected chi connectivity index (χ3v) is 7.56. The molecule has 3 aliphatic carbocycles. The number of aromatic hydroxyl groups is 1. The van der Waals surface area contributed by atoms with Crippen molar-refractivity contribution >= 4 is 29.0 Å². The minimum atomic E-state index is -0.940. The highest BCUT2D eigenvalue weighted by Gasteiger charge is 2.73. The van der Waals surface area contributed by atoms with Gasteiger partial charge in [-0.25, -0.2) is 0 Å². The average molecular weight is 426 g/mol. The highest BCUT2D eigenvalue weighted by molar-refractivity contribution is 6.40. The first-order chi connectivity index (χ1) is 13.5. The molecule has 1 aromatic rings. The molecule has 1 spiro atoms. The lowest BCUT2D eigenvalue weighted by atomic mass is 9.49. The van der Waals surface area contributed by atoms with Gasteiger partial charge in [0.15, 0.2) is 23.4 Å². The van der Waals surface area contributed by atoms with Crippen LogP contribution in [-0.4, -0.2) is 57.1 Å². The normalized spacial score (nSPS) is 37.6. The van der Waals surface area contributed by atoms with Crippen molar-refractivity contribution in [3.63, 3.8) is 0 Å². The molecule has 4 atom stereocenters. The van der Waals surface area contributed by atoms with Crippen molar-refractivity contribution in [2.75, 3.05) is 18.4 Å². The maximum absolute atomic E-state index is 12.7. The molecule has 6 rings (SSSR count). The summed E-state index contributed by atoms with van der Waals surface area (Å²) in [4.78, 5) is 15.2. The fraction of sp³-hybridized carbons (Fsp3) is 0.667. The van der Waals surface area contributed by atoms with E-state index >= 15 is 0 Å². The number of phenols is 1. The lowest BCUT2D eigenvalue weighted by molar-refractivity contribution is -0.188. The van der Waals surface area contributed by atoms with E-state index in [9.17, 15) is 15.0 Å². The molecule has 2 aliphatic heterocycles. The largest absolute Gasteiger partial charge is 0.504 e. The standard InChI is InChI=1S/C20H23NO4.CH2Cl2/c22-13-4-3-12-9-15-20(24)6-5-14(23)18-19(20,16(12)17(13)25-18)7-8-21(15)10-11-1-2-11;2-1-3/h3-4,11,15,18,22,24H,1-2,5-10H2;1H2/t15-,18+,19+,20-;/m1./s1. The Morgan fingerprint density at radius 1 is 1.25 bits per heavy atom. The first-order valence-electron chi connectivity index (χ1n) is 10.1. The van der Waals surface area contributed by atoms with Gasteiger partial charge in [0, 0.05) is 24.6 Å². The minimum Gasteiger partial charge on any atom is -0.504 e. The summed E-state index contributed by atoms with van der Waals surface area (Å²) in [6.07, 6.45) is 4.33. The Labute approximate surface area is 174 Å². The molecule has 28 heavy (non-hydrogen) atoms. The van der Waals surface area contributed by atoms with Crippen LogP contribution in [-0.2, 0) is 16.6 Å². The second kappa shape index (κ2) is 6.49. The number of carbonyl (C=O) groups is 1. The van der Waals surface area contributed by atoms with E-state index in [2.05, 4.69) is 4.90 Å². The summed E-state index contributed by atoms with van der Waals surface area (Å²) in [5, 5.41) is 22.5. The van der Waals surface area contributed by atoms with Crippen LogP contribution in [0.1, 0.15) is 43.2 Å². The smallest absolute Gasteiger partial charge is 0.174 e. The zero-order valence-corrected chi connectivity index (χ0v) is 17.2. The van der Waals surface area contributed by atoms with Gasteiger partial charge >= 0.3 is 0 Å². The van der Waals surface area contributed by atoms with Crippen LogP contribution in [0.25, 0.3) is 0 Å². The molecule has 1 saturated heterocycles. The highest BCUT2D eigenvalue weighted by atomic mass is 35.5. The van der Waals surface area contributed by atoms with E-state index in [0.717, 1.165) is 43.0 Å². The summed E-state index contributed by atoms with van der Waals surface area (Å²) in [5.74, 6) is 1.39. The molecule has 2 saturated carbocycles. The molecular formula is C21H25Cl2NO4. The van der Waals surface area contributed by atoms with Crippen molar-refractivity contribution in [3.05, 3.63) is 23.3 Å². The molecule has 2 heterocycles. The van der Waals surface area contributed by atoms with Crippen molar-refractivity contribution < 1.29 is 19.7 Å². The van der Waals surface area contributed by atoms with Gasteiger partial charge in [0.2, 0.25) is 0 Å². The molecule has 1 aromatic carbocycles. The number of phenolic OH excluding ortho intramolecular Hbond substituents is 1. The summed E-state index contributed by atoms with van der Waals surface area (Å²) in [6.45, 7) is 1.95. The van der Waals surface area contributed by atoms with Crippen LogP contribution in [0.2, 0.25) is 0 Å². The Morgan fingerprint density at radius 3 is 2.71 bits per heavy atom. The molecule has 0 amide bonds. The first kappa shape index (κ1) is 19.0. The molecule has 0 aromatic heterocycles. The van der Waals surface area contributed by atoms with E-state index in [-0.39, 0.29) is 22.9 Å². The molecule has 3 fully saturated rings. The Balaban J connectivity index is 0.000000538. The van der Waals surface area contributed by atoms with Crippen LogP contribution in [0.5, 0.6) is 11.5 Å². The van der Waals surface area contributed by atoms with Crippen molar-refractivity contribution in [2.45, 2.75) is 61.7 Å². The molecule has 152 valence electrons. The number of ether oxygens (including phenoxy) is 1. The molecule has 2 bridgehead atoms. The predicted octanol–water partition coefficient (Wildman–Crippen LogP) is 2.95. The fourth-order valence-corrected chi connectivity index (χ4v) is 6.26. The molecule has 5 nitrogen and oxygen atoms in total. The molecule has 0 unspecified atom stereocenters. The summed E-state index contributed by atoms with van der Waals surface area (Å²) >= 11 is 9.53. The highest BCUT2D eigenvalue weighted by Crippen LogP contribution is 2.64. The van der Waals surface area contributed by atoms with Gasteiger partial charge < -0.3 is 14.9 Å². The van der Waals surface area contributed by atoms with E-state index < -0.39 is 17.1 Å². The van der Waals surface area contributed by atoms with Crippen molar-refractivity contribution in [2.24, 2.45) is 5.92 Å². The van der Waals surface area contributed by atoms with Gasteiger partial charge in [-0.1, -0.05) is 6.07 Å². The predicted molar refractivity (Wildman–Crippen MR) is 106 cm³/mol. The summed E-state index contributed by atoms with van der Waals surface area (Å²) < 4.78 is 6.04. The number of piperidine rings is 1. The average Bonchev–Trinajstić information content (AvgIpc) is 3.40. The molecule has 0 radical (unpaired) electrons. The second-order valence-corrected chi connectivity index (χ2v) is 9.63. The topological polar surface area (TPSA) is 70.0 Å². The van der Waals surface area contributed by atoms with Crippen LogP contribution in [0.4, 0.5) is 0 Å². The van der Waals surface area contributed by atoms with Crippen LogP contribution >= 0.6 is 23.2 Å². The monoisotopic (exact) mass is 425 g/mol. The minimum absolute atomic E-state index is 0.0454. The zero-order chi connectivity index (χ0) is 19.7. The van der Waals surface area contributed by atoms with Gasteiger partial charge in [0.1, 0.15) is 0 Å². The van der Waals surface area contributed by atoms with Crippen molar-refractivity contribution in [1.82, 2.24) is 4.90 Å². The Hall–Kier alpha value is -1.01. The van der Waals surface area contributed by atoms with E-state index in [1.54, 1.807) is 6.07 Å². The summed E-state index contributed by atoms with van der Waals surface area (Å²) in [5.41, 5.74) is 0.454. The SMILES string of the molecule is ClCCl.O=C1CC[C@@]2(O)[C@H]3Cc4ccc(O)c5c4[C@@]2(CCN3CC2CC2)[C@H]1O5. The number of ketones is 1. The number of rotatable bonds is 2. The number of likely N-dealkylation sites (tertiary alicyclic amines) is 1. The number of hydrogen-bond donors (Lipinski definition) is 2. The van der Waals surface area contributed by atoms with E-state index in [0.29, 0.717) is 18.6 Å². The molecule has 2 N–H and O–H groups in total. The molecular weight excluding hydrogens is 401 g/mol. The van der Waals surface area contributed by atoms with Crippen molar-refractivity contribution in [3.8, 4) is 11.5 Å². The van der Waals surface area contributed by atoms with E-state index in [4.69, 9.17) is 27.9 Å².